The maximum atomic E-state index is 10.6. The summed E-state index contributed by atoms with van der Waals surface area (Å²) in [6.45, 7) is 2.29. The lowest BCUT2D eigenvalue weighted by Gasteiger charge is -2.06. The summed E-state index contributed by atoms with van der Waals surface area (Å²) in [4.78, 5) is 14.2. The number of hydrogen-bond acceptors (Lipinski definition) is 3. The molecule has 1 unspecified atom stereocenters. The van der Waals surface area contributed by atoms with Crippen LogP contribution in [-0.2, 0) is 4.79 Å². The van der Waals surface area contributed by atoms with Gasteiger partial charge in [0.2, 0.25) is 0 Å². The van der Waals surface area contributed by atoms with Gasteiger partial charge in [0.25, 0.3) is 0 Å². The van der Waals surface area contributed by atoms with Crippen LogP contribution in [0.4, 0.5) is 0 Å². The third-order valence-electron chi connectivity index (χ3n) is 1.63. The van der Waals surface area contributed by atoms with Crippen LogP contribution in [0.2, 0.25) is 0 Å². The van der Waals surface area contributed by atoms with Gasteiger partial charge in [-0.15, -0.1) is 0 Å². The van der Waals surface area contributed by atoms with E-state index >= 15 is 0 Å². The first-order chi connectivity index (χ1) is 5.72. The van der Waals surface area contributed by atoms with E-state index in [1.165, 1.54) is 0 Å². The van der Waals surface area contributed by atoms with Crippen molar-refractivity contribution in [1.29, 1.82) is 0 Å². The number of rotatable bonds is 6. The number of hydrogen-bond donors (Lipinski definition) is 1. The molecule has 0 aliphatic carbocycles. The van der Waals surface area contributed by atoms with Crippen LogP contribution >= 0.6 is 12.2 Å². The average molecular weight is 187 g/mol. The lowest BCUT2D eigenvalue weighted by Crippen LogP contribution is -2.16. The highest BCUT2D eigenvalue weighted by molar-refractivity contribution is 7.78. The summed E-state index contributed by atoms with van der Waals surface area (Å²) < 4.78 is 0. The predicted octanol–water partition coefficient (Wildman–Crippen LogP) is 1.98. The van der Waals surface area contributed by atoms with E-state index in [4.69, 9.17) is 5.11 Å². The van der Waals surface area contributed by atoms with Gasteiger partial charge in [0.05, 0.1) is 17.6 Å². The quantitative estimate of drug-likeness (QED) is 0.511. The molecule has 0 saturated heterocycles. The van der Waals surface area contributed by atoms with Crippen molar-refractivity contribution < 1.29 is 9.90 Å². The molecule has 12 heavy (non-hydrogen) atoms. The van der Waals surface area contributed by atoms with Crippen LogP contribution in [-0.4, -0.2) is 22.8 Å². The molecule has 0 rings (SSSR count). The van der Waals surface area contributed by atoms with Crippen LogP contribution < -0.4 is 0 Å². The molecule has 0 aliphatic heterocycles. The molecule has 0 aliphatic rings. The molecular weight excluding hydrogens is 174 g/mol. The lowest BCUT2D eigenvalue weighted by molar-refractivity contribution is -0.141. The molecule has 0 aromatic carbocycles. The fourth-order valence-electron chi connectivity index (χ4n) is 0.891. The lowest BCUT2D eigenvalue weighted by atomic mass is 10.0. The number of isothiocyanates is 1. The molecule has 0 aromatic heterocycles. The molecule has 0 fully saturated rings. The van der Waals surface area contributed by atoms with E-state index in [0.717, 1.165) is 12.8 Å². The summed E-state index contributed by atoms with van der Waals surface area (Å²) in [6, 6.07) is 0. The minimum Gasteiger partial charge on any atom is -0.481 e. The predicted molar refractivity (Wildman–Crippen MR) is 50.5 cm³/mol. The highest BCUT2D eigenvalue weighted by atomic mass is 32.1. The Bertz CT molecular complexity index is 187. The Morgan fingerprint density at radius 3 is 2.83 bits per heavy atom. The molecular formula is C8H13NO2S. The third kappa shape index (κ3) is 4.99. The van der Waals surface area contributed by atoms with E-state index in [2.05, 4.69) is 22.4 Å². The number of aliphatic imine (C=N–C) groups is 1. The van der Waals surface area contributed by atoms with Crippen molar-refractivity contribution in [1.82, 2.24) is 0 Å². The van der Waals surface area contributed by atoms with Crippen molar-refractivity contribution in [2.75, 3.05) is 6.54 Å². The largest absolute Gasteiger partial charge is 0.481 e. The Hall–Kier alpha value is -0.730. The van der Waals surface area contributed by atoms with Crippen LogP contribution in [0.15, 0.2) is 4.99 Å². The van der Waals surface area contributed by atoms with Crippen LogP contribution in [0.3, 0.4) is 0 Å². The number of nitrogens with zero attached hydrogens (tertiary/aromatic N) is 1. The molecule has 0 saturated carbocycles. The SMILES string of the molecule is CCCCC(CN=C=S)C(=O)O. The number of unbranched alkanes of at least 4 members (excludes halogenated alkanes) is 1. The first kappa shape index (κ1) is 11.3. The van der Waals surface area contributed by atoms with Gasteiger partial charge in [0.1, 0.15) is 0 Å². The third-order valence-corrected chi connectivity index (χ3v) is 1.76. The smallest absolute Gasteiger partial charge is 0.308 e. The number of carbonyl (C=O) groups is 1. The minimum atomic E-state index is -0.794. The van der Waals surface area contributed by atoms with Crippen molar-refractivity contribution in [3.05, 3.63) is 0 Å². The van der Waals surface area contributed by atoms with Gasteiger partial charge >= 0.3 is 5.97 Å². The molecule has 0 radical (unpaired) electrons. The van der Waals surface area contributed by atoms with Gasteiger partial charge in [-0.05, 0) is 18.6 Å². The molecule has 0 spiro atoms. The number of carboxylic acid groups (broad SMARTS) is 1. The highest BCUT2D eigenvalue weighted by Gasteiger charge is 2.15. The van der Waals surface area contributed by atoms with Gasteiger partial charge in [-0.1, -0.05) is 19.8 Å². The number of aliphatic carboxylic acids is 1. The van der Waals surface area contributed by atoms with Crippen molar-refractivity contribution >= 4 is 23.3 Å². The standard InChI is InChI=1S/C8H13NO2S/c1-2-3-4-7(8(10)11)5-9-6-12/h7H,2-5H2,1H3,(H,10,11). The van der Waals surface area contributed by atoms with Gasteiger partial charge in [-0.2, -0.15) is 0 Å². The van der Waals surface area contributed by atoms with E-state index in [0.29, 0.717) is 6.42 Å². The van der Waals surface area contributed by atoms with Crippen LogP contribution in [0.25, 0.3) is 0 Å². The van der Waals surface area contributed by atoms with E-state index < -0.39 is 5.97 Å². The zero-order chi connectivity index (χ0) is 9.40. The second kappa shape index (κ2) is 6.95. The van der Waals surface area contributed by atoms with Crippen molar-refractivity contribution in [2.45, 2.75) is 26.2 Å². The maximum absolute atomic E-state index is 10.6. The molecule has 1 atom stereocenters. The van der Waals surface area contributed by atoms with Crippen molar-refractivity contribution in [3.8, 4) is 0 Å². The molecule has 1 N–H and O–H groups in total. The first-order valence-corrected chi connectivity index (χ1v) is 4.39. The molecule has 0 bridgehead atoms. The molecule has 4 heteroatoms. The maximum Gasteiger partial charge on any atom is 0.308 e. The van der Waals surface area contributed by atoms with E-state index in [9.17, 15) is 4.79 Å². The van der Waals surface area contributed by atoms with Crippen LogP contribution in [0.1, 0.15) is 26.2 Å². The topological polar surface area (TPSA) is 49.7 Å². The second-order valence-electron chi connectivity index (χ2n) is 2.61. The van der Waals surface area contributed by atoms with E-state index in [1.807, 2.05) is 6.92 Å². The van der Waals surface area contributed by atoms with E-state index in [1.54, 1.807) is 0 Å². The minimum absolute atomic E-state index is 0.263. The van der Waals surface area contributed by atoms with Crippen LogP contribution in [0.5, 0.6) is 0 Å². The summed E-state index contributed by atoms with van der Waals surface area (Å²) in [5.74, 6) is -1.18. The zero-order valence-electron chi connectivity index (χ0n) is 7.12. The summed E-state index contributed by atoms with van der Waals surface area (Å²) in [7, 11) is 0. The Morgan fingerprint density at radius 1 is 1.75 bits per heavy atom. The Balaban J connectivity index is 3.86. The van der Waals surface area contributed by atoms with Crippen molar-refractivity contribution in [2.24, 2.45) is 10.9 Å². The number of carboxylic acids is 1. The Morgan fingerprint density at radius 2 is 2.42 bits per heavy atom. The fourth-order valence-corrected chi connectivity index (χ4v) is 0.965. The normalized spacial score (nSPS) is 11.8. The molecule has 68 valence electrons. The van der Waals surface area contributed by atoms with Gasteiger partial charge < -0.3 is 5.11 Å². The second-order valence-corrected chi connectivity index (χ2v) is 2.79. The number of thiocarbonyl (C=S) groups is 1. The summed E-state index contributed by atoms with van der Waals surface area (Å²) >= 11 is 4.36. The summed E-state index contributed by atoms with van der Waals surface area (Å²) in [5.41, 5.74) is 0. The van der Waals surface area contributed by atoms with Gasteiger partial charge in [0, 0.05) is 0 Å². The van der Waals surface area contributed by atoms with Crippen molar-refractivity contribution in [3.63, 3.8) is 0 Å². The Labute approximate surface area is 77.5 Å². The molecule has 0 heterocycles. The van der Waals surface area contributed by atoms with Gasteiger partial charge in [-0.3, -0.25) is 4.79 Å². The monoisotopic (exact) mass is 187 g/mol. The average Bonchev–Trinajstić information content (AvgIpc) is 2.04. The summed E-state index contributed by atoms with van der Waals surface area (Å²) in [6.07, 6.45) is 2.60. The fraction of sp³-hybridized carbons (Fsp3) is 0.750. The van der Waals surface area contributed by atoms with Gasteiger partial charge in [0.15, 0.2) is 0 Å². The Kier molecular flexibility index (Phi) is 6.53. The molecule has 0 aromatic rings. The first-order valence-electron chi connectivity index (χ1n) is 3.98. The molecule has 3 nitrogen and oxygen atoms in total. The molecule has 0 amide bonds. The van der Waals surface area contributed by atoms with E-state index in [-0.39, 0.29) is 12.5 Å². The van der Waals surface area contributed by atoms with Gasteiger partial charge in [-0.25, -0.2) is 4.99 Å². The summed E-state index contributed by atoms with van der Waals surface area (Å²) in [5, 5.41) is 10.9. The zero-order valence-corrected chi connectivity index (χ0v) is 7.93. The van der Waals surface area contributed by atoms with Crippen LogP contribution in [0, 0.1) is 5.92 Å². The highest BCUT2D eigenvalue weighted by Crippen LogP contribution is 2.08.